The third kappa shape index (κ3) is 4.42. The average Bonchev–Trinajstić information content (AvgIpc) is 2.88. The molecule has 2 N–H and O–H groups in total. The van der Waals surface area contributed by atoms with Crippen LogP contribution >= 0.6 is 0 Å². The van der Waals surface area contributed by atoms with E-state index in [4.69, 9.17) is 5.73 Å². The van der Waals surface area contributed by atoms with Crippen LogP contribution in [0.2, 0.25) is 0 Å². The fourth-order valence-corrected chi connectivity index (χ4v) is 3.90. The minimum absolute atomic E-state index is 0.0428. The number of hydrogen-bond acceptors (Lipinski definition) is 3. The van der Waals surface area contributed by atoms with Crippen molar-refractivity contribution in [2.75, 3.05) is 5.75 Å². The van der Waals surface area contributed by atoms with E-state index in [0.717, 1.165) is 12.1 Å². The highest BCUT2D eigenvalue weighted by molar-refractivity contribution is 7.84. The highest BCUT2D eigenvalue weighted by Crippen LogP contribution is 2.27. The summed E-state index contributed by atoms with van der Waals surface area (Å²) in [7, 11) is -0.893. The van der Waals surface area contributed by atoms with Gasteiger partial charge in [0.15, 0.2) is 0 Å². The summed E-state index contributed by atoms with van der Waals surface area (Å²) >= 11 is 0. The first kappa shape index (κ1) is 14.7. The Hall–Kier alpha value is -0.680. The maximum Gasteiger partial charge on any atom is 0.0749 e. The van der Waals surface area contributed by atoms with Crippen LogP contribution in [0.1, 0.15) is 57.2 Å². The third-order valence-corrected chi connectivity index (χ3v) is 5.26. The quantitative estimate of drug-likeness (QED) is 0.872. The van der Waals surface area contributed by atoms with Crippen molar-refractivity contribution >= 4 is 10.8 Å². The Bertz CT molecular complexity index is 413. The van der Waals surface area contributed by atoms with Crippen LogP contribution in [-0.2, 0) is 16.6 Å². The Morgan fingerprint density at radius 1 is 1.47 bits per heavy atom. The van der Waals surface area contributed by atoms with Gasteiger partial charge in [0, 0.05) is 28.8 Å². The predicted molar refractivity (Wildman–Crippen MR) is 79.3 cm³/mol. The van der Waals surface area contributed by atoms with E-state index >= 15 is 0 Å². The molecule has 0 saturated heterocycles. The molecule has 0 aromatic carbocycles. The first-order valence-electron chi connectivity index (χ1n) is 7.33. The zero-order chi connectivity index (χ0) is 13.7. The summed E-state index contributed by atoms with van der Waals surface area (Å²) in [5.41, 5.74) is 6.77. The number of aromatic nitrogens is 2. The molecule has 0 aliphatic heterocycles. The van der Waals surface area contributed by atoms with Crippen molar-refractivity contribution in [3.8, 4) is 0 Å². The minimum atomic E-state index is -0.893. The van der Waals surface area contributed by atoms with Crippen molar-refractivity contribution in [2.45, 2.75) is 63.3 Å². The standard InChI is InChI=1S/C14H25N3OS/c1-2-12(15)10-19(18)11-13-8-9-17(16-13)14-6-4-3-5-7-14/h8-9,12,14H,2-7,10-11,15H2,1H3. The number of nitrogens with zero attached hydrogens (tertiary/aromatic N) is 2. The summed E-state index contributed by atoms with van der Waals surface area (Å²) in [6, 6.07) is 2.60. The van der Waals surface area contributed by atoms with Crippen molar-refractivity contribution in [2.24, 2.45) is 5.73 Å². The van der Waals surface area contributed by atoms with Gasteiger partial charge in [0.1, 0.15) is 0 Å². The molecule has 0 spiro atoms. The second kappa shape index (κ2) is 7.20. The van der Waals surface area contributed by atoms with E-state index in [1.54, 1.807) is 0 Å². The molecule has 1 saturated carbocycles. The van der Waals surface area contributed by atoms with Crippen LogP contribution in [-0.4, -0.2) is 25.8 Å². The molecule has 0 radical (unpaired) electrons. The lowest BCUT2D eigenvalue weighted by Gasteiger charge is -2.21. The van der Waals surface area contributed by atoms with Crippen LogP contribution < -0.4 is 5.73 Å². The molecule has 108 valence electrons. The van der Waals surface area contributed by atoms with Crippen molar-refractivity contribution in [1.29, 1.82) is 0 Å². The fourth-order valence-electron chi connectivity index (χ4n) is 2.58. The zero-order valence-electron chi connectivity index (χ0n) is 11.8. The SMILES string of the molecule is CCC(N)CS(=O)Cc1ccn(C2CCCCC2)n1. The van der Waals surface area contributed by atoms with Gasteiger partial charge in [-0.3, -0.25) is 8.89 Å². The van der Waals surface area contributed by atoms with E-state index in [1.165, 1.54) is 32.1 Å². The average molecular weight is 283 g/mol. The van der Waals surface area contributed by atoms with Gasteiger partial charge in [-0.2, -0.15) is 5.10 Å². The summed E-state index contributed by atoms with van der Waals surface area (Å²) in [5, 5.41) is 4.59. The maximum absolute atomic E-state index is 11.9. The molecule has 2 rings (SSSR count). The van der Waals surface area contributed by atoms with E-state index < -0.39 is 10.8 Å². The van der Waals surface area contributed by atoms with E-state index in [2.05, 4.69) is 9.78 Å². The van der Waals surface area contributed by atoms with Crippen LogP contribution in [0.25, 0.3) is 0 Å². The first-order valence-corrected chi connectivity index (χ1v) is 8.82. The zero-order valence-corrected chi connectivity index (χ0v) is 12.6. The number of nitrogens with two attached hydrogens (primary N) is 1. The molecule has 19 heavy (non-hydrogen) atoms. The Balaban J connectivity index is 1.88. The number of rotatable bonds is 6. The Kier molecular flexibility index (Phi) is 5.58. The van der Waals surface area contributed by atoms with Gasteiger partial charge < -0.3 is 5.73 Å². The fraction of sp³-hybridized carbons (Fsp3) is 0.786. The summed E-state index contributed by atoms with van der Waals surface area (Å²) in [6.07, 6.45) is 9.33. The van der Waals surface area contributed by atoms with Gasteiger partial charge in [0.25, 0.3) is 0 Å². The lowest BCUT2D eigenvalue weighted by molar-refractivity contribution is 0.328. The molecule has 1 fully saturated rings. The number of hydrogen-bond donors (Lipinski definition) is 1. The van der Waals surface area contributed by atoms with Crippen LogP contribution in [0, 0.1) is 0 Å². The summed E-state index contributed by atoms with van der Waals surface area (Å²) in [4.78, 5) is 0. The van der Waals surface area contributed by atoms with E-state index in [1.807, 2.05) is 19.2 Å². The van der Waals surface area contributed by atoms with Gasteiger partial charge in [-0.15, -0.1) is 0 Å². The molecular weight excluding hydrogens is 258 g/mol. The Morgan fingerprint density at radius 2 is 2.21 bits per heavy atom. The lowest BCUT2D eigenvalue weighted by atomic mass is 9.96. The Morgan fingerprint density at radius 3 is 2.89 bits per heavy atom. The normalized spacial score (nSPS) is 20.3. The molecule has 0 bridgehead atoms. The van der Waals surface area contributed by atoms with Crippen LogP contribution in [0.5, 0.6) is 0 Å². The molecule has 1 aliphatic carbocycles. The van der Waals surface area contributed by atoms with E-state index in [-0.39, 0.29) is 6.04 Å². The lowest BCUT2D eigenvalue weighted by Crippen LogP contribution is -2.26. The monoisotopic (exact) mass is 283 g/mol. The molecule has 4 nitrogen and oxygen atoms in total. The molecule has 1 heterocycles. The maximum atomic E-state index is 11.9. The second-order valence-electron chi connectivity index (χ2n) is 5.50. The van der Waals surface area contributed by atoms with Crippen LogP contribution in [0.4, 0.5) is 0 Å². The van der Waals surface area contributed by atoms with Gasteiger partial charge in [-0.25, -0.2) is 0 Å². The molecule has 2 atom stereocenters. The smallest absolute Gasteiger partial charge is 0.0749 e. The van der Waals surface area contributed by atoms with Crippen LogP contribution in [0.15, 0.2) is 12.3 Å². The van der Waals surface area contributed by atoms with Gasteiger partial charge in [0.05, 0.1) is 17.5 Å². The summed E-state index contributed by atoms with van der Waals surface area (Å²) in [6.45, 7) is 2.03. The molecule has 1 aromatic rings. The molecule has 0 amide bonds. The molecule has 1 aromatic heterocycles. The van der Waals surface area contributed by atoms with Gasteiger partial charge in [0.2, 0.25) is 0 Å². The van der Waals surface area contributed by atoms with Crippen LogP contribution in [0.3, 0.4) is 0 Å². The highest BCUT2D eigenvalue weighted by Gasteiger charge is 2.16. The largest absolute Gasteiger partial charge is 0.327 e. The topological polar surface area (TPSA) is 60.9 Å². The highest BCUT2D eigenvalue weighted by atomic mass is 32.2. The minimum Gasteiger partial charge on any atom is -0.327 e. The van der Waals surface area contributed by atoms with Crippen molar-refractivity contribution < 1.29 is 4.21 Å². The Labute approximate surface area is 118 Å². The van der Waals surface area contributed by atoms with E-state index in [0.29, 0.717) is 17.5 Å². The third-order valence-electron chi connectivity index (χ3n) is 3.85. The molecule has 2 unspecified atom stereocenters. The molecule has 1 aliphatic rings. The first-order chi connectivity index (χ1) is 9.19. The van der Waals surface area contributed by atoms with Gasteiger partial charge in [-0.1, -0.05) is 26.2 Å². The van der Waals surface area contributed by atoms with Crippen molar-refractivity contribution in [3.05, 3.63) is 18.0 Å². The van der Waals surface area contributed by atoms with E-state index in [9.17, 15) is 4.21 Å². The molecular formula is C14H25N3OS. The van der Waals surface area contributed by atoms with Crippen molar-refractivity contribution in [3.63, 3.8) is 0 Å². The van der Waals surface area contributed by atoms with Crippen molar-refractivity contribution in [1.82, 2.24) is 9.78 Å². The van der Waals surface area contributed by atoms with Gasteiger partial charge >= 0.3 is 0 Å². The second-order valence-corrected chi connectivity index (χ2v) is 7.00. The summed E-state index contributed by atoms with van der Waals surface area (Å²) < 4.78 is 14.0. The van der Waals surface area contributed by atoms with Gasteiger partial charge in [-0.05, 0) is 25.3 Å². The molecule has 5 heteroatoms. The predicted octanol–water partition coefficient (Wildman–Crippen LogP) is 2.37. The summed E-state index contributed by atoms with van der Waals surface area (Å²) in [5.74, 6) is 1.11.